The maximum absolute atomic E-state index is 13.3. The zero-order valence-electron chi connectivity index (χ0n) is 21.2. The van der Waals surface area contributed by atoms with Gasteiger partial charge in [0.1, 0.15) is 0 Å². The summed E-state index contributed by atoms with van der Waals surface area (Å²) in [5.74, 6) is -0.104. The summed E-state index contributed by atoms with van der Waals surface area (Å²) in [4.78, 5) is 17.8. The molecule has 2 aliphatic rings. The molecule has 0 aliphatic carbocycles. The van der Waals surface area contributed by atoms with Crippen LogP contribution in [-0.2, 0) is 21.2 Å². The molecule has 35 heavy (non-hydrogen) atoms. The van der Waals surface area contributed by atoms with E-state index in [0.717, 1.165) is 56.7 Å². The van der Waals surface area contributed by atoms with E-state index in [1.165, 1.54) is 11.1 Å². The quantitative estimate of drug-likeness (QED) is 0.629. The Hall–Kier alpha value is -2.42. The zero-order valence-corrected chi connectivity index (χ0v) is 22.0. The average Bonchev–Trinajstić information content (AvgIpc) is 2.84. The molecular formula is C27H38N4O3S. The van der Waals surface area contributed by atoms with Crippen molar-refractivity contribution in [2.45, 2.75) is 50.8 Å². The van der Waals surface area contributed by atoms with Crippen LogP contribution in [0.15, 0.2) is 41.3 Å². The number of amides is 1. The van der Waals surface area contributed by atoms with E-state index in [4.69, 9.17) is 0 Å². The first-order chi connectivity index (χ1) is 16.7. The van der Waals surface area contributed by atoms with Crippen LogP contribution in [-0.4, -0.2) is 69.8 Å². The van der Waals surface area contributed by atoms with E-state index in [2.05, 4.69) is 54.2 Å². The Morgan fingerprint density at radius 3 is 2.31 bits per heavy atom. The van der Waals surface area contributed by atoms with E-state index in [9.17, 15) is 13.2 Å². The summed E-state index contributed by atoms with van der Waals surface area (Å²) >= 11 is 0. The standard InChI is InChI=1S/C27H38N4O3S/c1-21-7-8-23(22(2)19-21)9-12-27(32)28-25-20-24(35(33,34)31-13-5-4-6-14-31)10-11-26(25)30-17-15-29(3)16-18-30/h7-8,10-11,19-20H,4-6,9,12-18H2,1-3H3,(H,28,32). The van der Waals surface area contributed by atoms with Crippen LogP contribution in [0.1, 0.15) is 42.4 Å². The molecule has 0 atom stereocenters. The Morgan fingerprint density at radius 2 is 1.63 bits per heavy atom. The summed E-state index contributed by atoms with van der Waals surface area (Å²) in [6, 6.07) is 11.5. The van der Waals surface area contributed by atoms with Crippen LogP contribution in [0.25, 0.3) is 0 Å². The van der Waals surface area contributed by atoms with E-state index in [1.807, 2.05) is 6.07 Å². The predicted molar refractivity (Wildman–Crippen MR) is 142 cm³/mol. The van der Waals surface area contributed by atoms with E-state index in [1.54, 1.807) is 16.4 Å². The number of aryl methyl sites for hydroxylation is 3. The molecule has 2 aliphatic heterocycles. The van der Waals surface area contributed by atoms with E-state index < -0.39 is 10.0 Å². The molecule has 0 aromatic heterocycles. The van der Waals surface area contributed by atoms with Gasteiger partial charge in [0.2, 0.25) is 15.9 Å². The second-order valence-corrected chi connectivity index (χ2v) is 11.9. The van der Waals surface area contributed by atoms with Crippen LogP contribution in [0.2, 0.25) is 0 Å². The van der Waals surface area contributed by atoms with Crippen LogP contribution < -0.4 is 10.2 Å². The van der Waals surface area contributed by atoms with Gasteiger partial charge >= 0.3 is 0 Å². The third-order valence-electron chi connectivity index (χ3n) is 7.16. The lowest BCUT2D eigenvalue weighted by molar-refractivity contribution is -0.116. The summed E-state index contributed by atoms with van der Waals surface area (Å²) in [6.07, 6.45) is 3.83. The summed E-state index contributed by atoms with van der Waals surface area (Å²) < 4.78 is 28.2. The molecule has 7 nitrogen and oxygen atoms in total. The fraction of sp³-hybridized carbons (Fsp3) is 0.519. The van der Waals surface area contributed by atoms with Crippen molar-refractivity contribution < 1.29 is 13.2 Å². The largest absolute Gasteiger partial charge is 0.367 e. The fourth-order valence-corrected chi connectivity index (χ4v) is 6.48. The van der Waals surface area contributed by atoms with Gasteiger partial charge in [-0.2, -0.15) is 4.31 Å². The van der Waals surface area contributed by atoms with Crippen LogP contribution in [0, 0.1) is 13.8 Å². The molecule has 2 saturated heterocycles. The molecule has 4 rings (SSSR count). The molecule has 1 amide bonds. The number of sulfonamides is 1. The average molecular weight is 499 g/mol. The molecule has 0 radical (unpaired) electrons. The lowest BCUT2D eigenvalue weighted by Crippen LogP contribution is -2.44. The number of nitrogens with one attached hydrogen (secondary N) is 1. The zero-order chi connectivity index (χ0) is 25.0. The monoisotopic (exact) mass is 498 g/mol. The van der Waals surface area contributed by atoms with Gasteiger partial charge in [-0.25, -0.2) is 8.42 Å². The number of rotatable bonds is 7. The lowest BCUT2D eigenvalue weighted by atomic mass is 10.0. The first kappa shape index (κ1) is 25.7. The molecule has 1 N–H and O–H groups in total. The molecule has 0 unspecified atom stereocenters. The van der Waals surface area contributed by atoms with Crippen LogP contribution in [0.3, 0.4) is 0 Å². The molecule has 190 valence electrons. The minimum Gasteiger partial charge on any atom is -0.367 e. The Bertz CT molecular complexity index is 1150. The number of likely N-dealkylation sites (N-methyl/N-ethyl adjacent to an activating group) is 1. The number of nitrogens with zero attached hydrogens (tertiary/aromatic N) is 3. The summed E-state index contributed by atoms with van der Waals surface area (Å²) in [5.41, 5.74) is 5.02. The van der Waals surface area contributed by atoms with E-state index in [0.29, 0.717) is 31.6 Å². The molecular weight excluding hydrogens is 460 g/mol. The number of carbonyl (C=O) groups excluding carboxylic acids is 1. The topological polar surface area (TPSA) is 73.0 Å². The van der Waals surface area contributed by atoms with Gasteiger partial charge in [-0.15, -0.1) is 0 Å². The molecule has 8 heteroatoms. The Kier molecular flexibility index (Phi) is 8.14. The maximum Gasteiger partial charge on any atom is 0.243 e. The minimum absolute atomic E-state index is 0.104. The van der Waals surface area contributed by atoms with Crippen molar-refractivity contribution in [2.24, 2.45) is 0 Å². The van der Waals surface area contributed by atoms with Gasteiger partial charge < -0.3 is 15.1 Å². The highest BCUT2D eigenvalue weighted by atomic mass is 32.2. The molecule has 0 bridgehead atoms. The van der Waals surface area contributed by atoms with Gasteiger partial charge in [-0.3, -0.25) is 4.79 Å². The second-order valence-electron chi connectivity index (χ2n) is 9.91. The summed E-state index contributed by atoms with van der Waals surface area (Å²) in [7, 11) is -1.49. The van der Waals surface area contributed by atoms with Crippen molar-refractivity contribution in [3.8, 4) is 0 Å². The highest BCUT2D eigenvalue weighted by molar-refractivity contribution is 7.89. The second kappa shape index (κ2) is 11.1. The first-order valence-electron chi connectivity index (χ1n) is 12.7. The number of piperazine rings is 1. The highest BCUT2D eigenvalue weighted by Gasteiger charge is 2.28. The number of hydrogen-bond donors (Lipinski definition) is 1. The lowest BCUT2D eigenvalue weighted by Gasteiger charge is -2.35. The van der Waals surface area contributed by atoms with Crippen molar-refractivity contribution in [3.05, 3.63) is 53.1 Å². The van der Waals surface area contributed by atoms with Gasteiger partial charge in [-0.1, -0.05) is 30.2 Å². The number of hydrogen-bond acceptors (Lipinski definition) is 5. The van der Waals surface area contributed by atoms with Gasteiger partial charge in [0.25, 0.3) is 0 Å². The van der Waals surface area contributed by atoms with Crippen LogP contribution in [0.4, 0.5) is 11.4 Å². The van der Waals surface area contributed by atoms with Gasteiger partial charge in [0.15, 0.2) is 0 Å². The van der Waals surface area contributed by atoms with Gasteiger partial charge in [0.05, 0.1) is 16.3 Å². The van der Waals surface area contributed by atoms with E-state index in [-0.39, 0.29) is 10.8 Å². The van der Waals surface area contributed by atoms with Crippen molar-refractivity contribution in [1.82, 2.24) is 9.21 Å². The number of carbonyl (C=O) groups is 1. The molecule has 0 spiro atoms. The van der Waals surface area contributed by atoms with Crippen molar-refractivity contribution in [1.29, 1.82) is 0 Å². The van der Waals surface area contributed by atoms with Crippen LogP contribution >= 0.6 is 0 Å². The van der Waals surface area contributed by atoms with Gasteiger partial charge in [-0.05, 0) is 69.5 Å². The maximum atomic E-state index is 13.3. The summed E-state index contributed by atoms with van der Waals surface area (Å²) in [6.45, 7) is 8.76. The molecule has 2 heterocycles. The predicted octanol–water partition coefficient (Wildman–Crippen LogP) is 3.80. The van der Waals surface area contributed by atoms with Gasteiger partial charge in [0, 0.05) is 45.7 Å². The summed E-state index contributed by atoms with van der Waals surface area (Å²) in [5, 5.41) is 3.06. The van der Waals surface area contributed by atoms with E-state index >= 15 is 0 Å². The Morgan fingerprint density at radius 1 is 0.914 bits per heavy atom. The fourth-order valence-electron chi connectivity index (χ4n) is 4.94. The van der Waals surface area contributed by atoms with Crippen molar-refractivity contribution >= 4 is 27.3 Å². The molecule has 0 saturated carbocycles. The normalized spacial score (nSPS) is 18.0. The SMILES string of the molecule is Cc1ccc(CCC(=O)Nc2cc(S(=O)(=O)N3CCCCC3)ccc2N2CCN(C)CC2)c(C)c1. The third kappa shape index (κ3) is 6.23. The first-order valence-corrected chi connectivity index (χ1v) is 14.1. The smallest absolute Gasteiger partial charge is 0.243 e. The van der Waals surface area contributed by atoms with Crippen molar-refractivity contribution in [2.75, 3.05) is 56.5 Å². The molecule has 2 fully saturated rings. The Balaban J connectivity index is 1.56. The van der Waals surface area contributed by atoms with Crippen molar-refractivity contribution in [3.63, 3.8) is 0 Å². The number of anilines is 2. The number of benzene rings is 2. The third-order valence-corrected chi connectivity index (χ3v) is 9.05. The minimum atomic E-state index is -3.59. The number of piperidine rings is 1. The highest BCUT2D eigenvalue weighted by Crippen LogP contribution is 2.32. The molecule has 2 aromatic carbocycles. The molecule has 2 aromatic rings. The van der Waals surface area contributed by atoms with Crippen LogP contribution in [0.5, 0.6) is 0 Å². The Labute approximate surface area is 210 Å².